The number of carbonyl (C=O) groups is 1. The van der Waals surface area contributed by atoms with Crippen LogP contribution in [0.3, 0.4) is 0 Å². The topological polar surface area (TPSA) is 45.2 Å². The molecule has 1 aromatic heterocycles. The largest absolute Gasteiger partial charge is 0.372 e. The zero-order chi connectivity index (χ0) is 13.4. The smallest absolute Gasteiger partial charge is 0.244 e. The molecule has 1 atom stereocenters. The normalized spacial score (nSPS) is 19.2. The predicted octanol–water partition coefficient (Wildman–Crippen LogP) is 2.64. The first kappa shape index (κ1) is 12.4. The van der Waals surface area contributed by atoms with Crippen molar-refractivity contribution >= 4 is 38.4 Å². The molecule has 0 aliphatic carbocycles. The van der Waals surface area contributed by atoms with Gasteiger partial charge in [-0.2, -0.15) is 0 Å². The Hall–Kier alpha value is -1.62. The van der Waals surface area contributed by atoms with E-state index in [9.17, 15) is 4.79 Å². The number of aromatic nitrogens is 1. The van der Waals surface area contributed by atoms with Gasteiger partial charge in [0, 0.05) is 29.6 Å². The summed E-state index contributed by atoms with van der Waals surface area (Å²) in [4.78, 5) is 18.1. The van der Waals surface area contributed by atoms with E-state index in [2.05, 4.69) is 26.2 Å². The van der Waals surface area contributed by atoms with E-state index in [1.807, 2.05) is 31.3 Å². The van der Waals surface area contributed by atoms with Gasteiger partial charge in [-0.05, 0) is 34.5 Å². The maximum atomic E-state index is 11.9. The van der Waals surface area contributed by atoms with Gasteiger partial charge in [-0.25, -0.2) is 0 Å². The Bertz CT molecular complexity index is 644. The quantitative estimate of drug-likeness (QED) is 0.925. The molecule has 19 heavy (non-hydrogen) atoms. The van der Waals surface area contributed by atoms with Gasteiger partial charge in [0.15, 0.2) is 0 Å². The molecular weight excluding hydrogens is 306 g/mol. The molecule has 1 unspecified atom stereocenters. The third kappa shape index (κ3) is 2.30. The number of hydrogen-bond donors (Lipinski definition) is 1. The minimum Gasteiger partial charge on any atom is -0.372 e. The number of nitrogens with one attached hydrogen (secondary N) is 1. The highest BCUT2D eigenvalue weighted by Gasteiger charge is 2.29. The lowest BCUT2D eigenvalue weighted by Crippen LogP contribution is -2.31. The van der Waals surface area contributed by atoms with Gasteiger partial charge in [0.1, 0.15) is 6.04 Å². The van der Waals surface area contributed by atoms with Crippen LogP contribution >= 0.6 is 15.9 Å². The molecule has 0 spiro atoms. The summed E-state index contributed by atoms with van der Waals surface area (Å²) < 4.78 is 0.953. The van der Waals surface area contributed by atoms with E-state index in [0.717, 1.165) is 34.0 Å². The fourth-order valence-corrected chi connectivity index (χ4v) is 2.74. The summed E-state index contributed by atoms with van der Waals surface area (Å²) in [5.41, 5.74) is 1.81. The maximum Gasteiger partial charge on any atom is 0.244 e. The molecule has 0 bridgehead atoms. The monoisotopic (exact) mass is 319 g/mol. The van der Waals surface area contributed by atoms with E-state index in [-0.39, 0.29) is 11.9 Å². The standard InChI is InChI=1S/C14H14BrN3O/c1-18-6-5-12(14(18)19)17-11-4-2-3-9-7-10(15)8-16-13(9)11/h2-4,7-8,12,17H,5-6H2,1H3. The number of nitrogens with zero attached hydrogens (tertiary/aromatic N) is 2. The molecular formula is C14H14BrN3O. The molecule has 1 aliphatic heterocycles. The van der Waals surface area contributed by atoms with Crippen molar-refractivity contribution in [2.24, 2.45) is 0 Å². The van der Waals surface area contributed by atoms with Crippen LogP contribution in [0.4, 0.5) is 5.69 Å². The van der Waals surface area contributed by atoms with E-state index in [1.54, 1.807) is 11.1 Å². The zero-order valence-electron chi connectivity index (χ0n) is 10.6. The van der Waals surface area contributed by atoms with Gasteiger partial charge in [0.05, 0.1) is 11.2 Å². The average molecular weight is 320 g/mol. The molecule has 1 amide bonds. The van der Waals surface area contributed by atoms with Crippen molar-refractivity contribution < 1.29 is 4.79 Å². The van der Waals surface area contributed by atoms with Gasteiger partial charge < -0.3 is 10.2 Å². The van der Waals surface area contributed by atoms with Crippen LogP contribution in [0, 0.1) is 0 Å². The summed E-state index contributed by atoms with van der Waals surface area (Å²) in [6.45, 7) is 0.806. The van der Waals surface area contributed by atoms with Crippen LogP contribution in [0.1, 0.15) is 6.42 Å². The molecule has 1 saturated heterocycles. The SMILES string of the molecule is CN1CCC(Nc2cccc3cc(Br)cnc23)C1=O. The Morgan fingerprint density at radius 3 is 3.05 bits per heavy atom. The van der Waals surface area contributed by atoms with Crippen LogP contribution in [0.25, 0.3) is 10.9 Å². The first-order chi connectivity index (χ1) is 9.15. The molecule has 5 heteroatoms. The van der Waals surface area contributed by atoms with Gasteiger partial charge in [-0.1, -0.05) is 12.1 Å². The lowest BCUT2D eigenvalue weighted by molar-refractivity contribution is -0.127. The maximum absolute atomic E-state index is 11.9. The van der Waals surface area contributed by atoms with Crippen LogP contribution in [0.2, 0.25) is 0 Å². The van der Waals surface area contributed by atoms with Crippen molar-refractivity contribution in [3.63, 3.8) is 0 Å². The summed E-state index contributed by atoms with van der Waals surface area (Å²) in [7, 11) is 1.84. The molecule has 0 saturated carbocycles. The van der Waals surface area contributed by atoms with E-state index in [4.69, 9.17) is 0 Å². The van der Waals surface area contributed by atoms with Crippen molar-refractivity contribution in [2.45, 2.75) is 12.5 Å². The van der Waals surface area contributed by atoms with E-state index in [0.29, 0.717) is 0 Å². The number of likely N-dealkylation sites (tertiary alicyclic amines) is 1. The number of halogens is 1. The second-order valence-corrected chi connectivity index (χ2v) is 5.69. The lowest BCUT2D eigenvalue weighted by atomic mass is 10.1. The van der Waals surface area contributed by atoms with Crippen molar-refractivity contribution in [3.8, 4) is 0 Å². The average Bonchev–Trinajstić information content (AvgIpc) is 2.71. The molecule has 4 nitrogen and oxygen atoms in total. The summed E-state index contributed by atoms with van der Waals surface area (Å²) in [6.07, 6.45) is 2.61. The Balaban J connectivity index is 1.95. The molecule has 98 valence electrons. The highest BCUT2D eigenvalue weighted by Crippen LogP contribution is 2.25. The van der Waals surface area contributed by atoms with Gasteiger partial charge in [0.25, 0.3) is 0 Å². The summed E-state index contributed by atoms with van der Waals surface area (Å²) in [5, 5.41) is 4.37. The van der Waals surface area contributed by atoms with Gasteiger partial charge >= 0.3 is 0 Å². The zero-order valence-corrected chi connectivity index (χ0v) is 12.1. The number of amides is 1. The Kier molecular flexibility index (Phi) is 3.14. The number of pyridine rings is 1. The van der Waals surface area contributed by atoms with Crippen LogP contribution in [-0.2, 0) is 4.79 Å². The number of anilines is 1. The van der Waals surface area contributed by atoms with Crippen LogP contribution in [0.15, 0.2) is 34.9 Å². The van der Waals surface area contributed by atoms with Crippen molar-refractivity contribution in [1.29, 1.82) is 0 Å². The minimum atomic E-state index is -0.138. The molecule has 1 aliphatic rings. The molecule has 2 aromatic rings. The van der Waals surface area contributed by atoms with Crippen molar-refractivity contribution in [2.75, 3.05) is 18.9 Å². The lowest BCUT2D eigenvalue weighted by Gasteiger charge is -2.14. The Labute approximate surface area is 119 Å². The fourth-order valence-electron chi connectivity index (χ4n) is 2.39. The third-order valence-electron chi connectivity index (χ3n) is 3.43. The summed E-state index contributed by atoms with van der Waals surface area (Å²) in [5.74, 6) is 0.147. The summed E-state index contributed by atoms with van der Waals surface area (Å²) >= 11 is 3.42. The second kappa shape index (κ2) is 4.81. The Morgan fingerprint density at radius 2 is 2.32 bits per heavy atom. The Morgan fingerprint density at radius 1 is 1.47 bits per heavy atom. The highest BCUT2D eigenvalue weighted by atomic mass is 79.9. The van der Waals surface area contributed by atoms with Crippen LogP contribution < -0.4 is 5.32 Å². The number of rotatable bonds is 2. The number of carbonyl (C=O) groups excluding carboxylic acids is 1. The van der Waals surface area contributed by atoms with Gasteiger partial charge in [-0.15, -0.1) is 0 Å². The van der Waals surface area contributed by atoms with Gasteiger partial charge in [0.2, 0.25) is 5.91 Å². The minimum absolute atomic E-state index is 0.138. The van der Waals surface area contributed by atoms with Crippen molar-refractivity contribution in [1.82, 2.24) is 9.88 Å². The molecule has 2 heterocycles. The molecule has 1 fully saturated rings. The number of hydrogen-bond acceptors (Lipinski definition) is 3. The van der Waals surface area contributed by atoms with Gasteiger partial charge in [-0.3, -0.25) is 9.78 Å². The third-order valence-corrected chi connectivity index (χ3v) is 3.87. The number of likely N-dealkylation sites (N-methyl/N-ethyl adjacent to an activating group) is 1. The highest BCUT2D eigenvalue weighted by molar-refractivity contribution is 9.10. The molecule has 1 aromatic carbocycles. The van der Waals surface area contributed by atoms with E-state index in [1.165, 1.54) is 0 Å². The van der Waals surface area contributed by atoms with Crippen LogP contribution in [-0.4, -0.2) is 35.4 Å². The number of benzene rings is 1. The van der Waals surface area contributed by atoms with E-state index < -0.39 is 0 Å². The molecule has 3 rings (SSSR count). The molecule has 1 N–H and O–H groups in total. The number of para-hydroxylation sites is 1. The molecule has 0 radical (unpaired) electrons. The van der Waals surface area contributed by atoms with Crippen molar-refractivity contribution in [3.05, 3.63) is 34.9 Å². The number of fused-ring (bicyclic) bond motifs is 1. The van der Waals surface area contributed by atoms with Crippen LogP contribution in [0.5, 0.6) is 0 Å². The first-order valence-electron chi connectivity index (χ1n) is 6.21. The van der Waals surface area contributed by atoms with E-state index >= 15 is 0 Å². The fraction of sp³-hybridized carbons (Fsp3) is 0.286. The second-order valence-electron chi connectivity index (χ2n) is 4.78. The summed E-state index contributed by atoms with van der Waals surface area (Å²) in [6, 6.07) is 7.84. The predicted molar refractivity (Wildman–Crippen MR) is 79.1 cm³/mol. The first-order valence-corrected chi connectivity index (χ1v) is 7.00.